The van der Waals surface area contributed by atoms with E-state index in [4.69, 9.17) is 23.2 Å². The fourth-order valence-corrected chi connectivity index (χ4v) is 6.73. The SMILES string of the molecule is C=C(/C=C(/C)NN)NC(=NC(=C)Nc1cc(C)c(C2CCN(CCCS(=O)(=O)N3CCC3)CC2)cc1C)/C(Cl)=C\N. The Hall–Kier alpha value is -2.83. The van der Waals surface area contributed by atoms with Crippen molar-refractivity contribution in [2.45, 2.75) is 52.4 Å². The third-order valence-electron chi connectivity index (χ3n) is 7.52. The number of hydrogen-bond acceptors (Lipinski definition) is 8. The minimum atomic E-state index is -3.07. The average Bonchev–Trinajstić information content (AvgIpc) is 2.88. The van der Waals surface area contributed by atoms with Crippen molar-refractivity contribution in [3.05, 3.63) is 76.5 Å². The highest BCUT2D eigenvalue weighted by molar-refractivity contribution is 7.89. The molecule has 1 aromatic rings. The third-order valence-corrected chi connectivity index (χ3v) is 9.78. The van der Waals surface area contributed by atoms with Crippen LogP contribution in [0.4, 0.5) is 5.69 Å². The van der Waals surface area contributed by atoms with Crippen LogP contribution in [0, 0.1) is 13.8 Å². The number of halogens is 1. The lowest BCUT2D eigenvalue weighted by atomic mass is 9.85. The smallest absolute Gasteiger partial charge is 0.214 e. The number of aryl methyl sites for hydroxylation is 2. The summed E-state index contributed by atoms with van der Waals surface area (Å²) in [5, 5.41) is 6.53. The second kappa shape index (κ2) is 14.9. The van der Waals surface area contributed by atoms with Crippen molar-refractivity contribution in [2.24, 2.45) is 16.6 Å². The standard InChI is InChI=1S/C29H45ClN8O2S/c1-20-17-28(34-24(5)35-29(27(30)19-31)33-22(3)18-23(4)36-32)21(2)16-26(20)25-8-13-37(14-9-25)10-7-15-41(39,40)38-11-6-12-38/h16-19,25,34,36H,3,5-15,31-32H2,1-2,4H3,(H,33,35)/b23-18-,27-19+. The Kier molecular flexibility index (Phi) is 11.9. The van der Waals surface area contributed by atoms with Gasteiger partial charge in [-0.15, -0.1) is 0 Å². The van der Waals surface area contributed by atoms with E-state index in [1.807, 2.05) is 0 Å². The topological polar surface area (TPSA) is 141 Å². The van der Waals surface area contributed by atoms with Gasteiger partial charge in [-0.05, 0) is 101 Å². The lowest BCUT2D eigenvalue weighted by Crippen LogP contribution is -2.43. The summed E-state index contributed by atoms with van der Waals surface area (Å²) in [5.41, 5.74) is 14.0. The predicted molar refractivity (Wildman–Crippen MR) is 171 cm³/mol. The van der Waals surface area contributed by atoms with Crippen molar-refractivity contribution < 1.29 is 8.42 Å². The van der Waals surface area contributed by atoms with Crippen LogP contribution in [0.5, 0.6) is 0 Å². The molecule has 0 bridgehead atoms. The quantitative estimate of drug-likeness (QED) is 0.0755. The molecule has 7 N–H and O–H groups in total. The van der Waals surface area contributed by atoms with Crippen LogP contribution in [0.2, 0.25) is 0 Å². The third kappa shape index (κ3) is 9.34. The molecule has 3 rings (SSSR count). The highest BCUT2D eigenvalue weighted by atomic mass is 35.5. The number of amidine groups is 1. The number of nitrogens with one attached hydrogen (secondary N) is 3. The highest BCUT2D eigenvalue weighted by Crippen LogP contribution is 2.33. The number of aliphatic imine (C=N–C) groups is 1. The fraction of sp³-hybridized carbons (Fsp3) is 0.483. The van der Waals surface area contributed by atoms with E-state index in [1.54, 1.807) is 17.3 Å². The first-order valence-corrected chi connectivity index (χ1v) is 16.0. The van der Waals surface area contributed by atoms with Gasteiger partial charge < -0.3 is 26.7 Å². The Morgan fingerprint density at radius 3 is 2.44 bits per heavy atom. The number of hydrazine groups is 1. The molecule has 10 nitrogen and oxygen atoms in total. The molecule has 2 fully saturated rings. The van der Waals surface area contributed by atoms with Crippen molar-refractivity contribution in [3.63, 3.8) is 0 Å². The highest BCUT2D eigenvalue weighted by Gasteiger charge is 2.28. The van der Waals surface area contributed by atoms with Gasteiger partial charge in [0.2, 0.25) is 10.0 Å². The summed E-state index contributed by atoms with van der Waals surface area (Å²) in [6, 6.07) is 4.37. The van der Waals surface area contributed by atoms with Crippen molar-refractivity contribution in [1.82, 2.24) is 19.9 Å². The molecule has 0 atom stereocenters. The molecular formula is C29H45ClN8O2S. The molecule has 0 aliphatic carbocycles. The molecule has 1 aromatic carbocycles. The van der Waals surface area contributed by atoms with Crippen LogP contribution in [0.15, 0.2) is 64.8 Å². The first kappa shape index (κ1) is 32.7. The monoisotopic (exact) mass is 604 g/mol. The van der Waals surface area contributed by atoms with E-state index in [1.165, 1.54) is 17.3 Å². The van der Waals surface area contributed by atoms with Crippen LogP contribution < -0.4 is 27.6 Å². The van der Waals surface area contributed by atoms with Gasteiger partial charge in [-0.3, -0.25) is 5.84 Å². The number of anilines is 1. The summed E-state index contributed by atoms with van der Waals surface area (Å²) >= 11 is 6.27. The zero-order valence-electron chi connectivity index (χ0n) is 24.5. The summed E-state index contributed by atoms with van der Waals surface area (Å²) in [7, 11) is -3.07. The normalized spacial score (nSPS) is 18.1. The molecular weight excluding hydrogens is 560 g/mol. The van der Waals surface area contributed by atoms with E-state index in [0.29, 0.717) is 48.5 Å². The molecule has 2 heterocycles. The summed E-state index contributed by atoms with van der Waals surface area (Å²) in [6.45, 7) is 18.1. The average molecular weight is 605 g/mol. The van der Waals surface area contributed by atoms with Crippen LogP contribution in [0.3, 0.4) is 0 Å². The zero-order chi connectivity index (χ0) is 30.2. The summed E-state index contributed by atoms with van der Waals surface area (Å²) in [6.07, 6.45) is 6.73. The van der Waals surface area contributed by atoms with Crippen molar-refractivity contribution in [3.8, 4) is 0 Å². The van der Waals surface area contributed by atoms with Crippen molar-refractivity contribution >= 4 is 33.1 Å². The van der Waals surface area contributed by atoms with Crippen LogP contribution in [0.25, 0.3) is 0 Å². The Balaban J connectivity index is 1.58. The van der Waals surface area contributed by atoms with E-state index < -0.39 is 10.0 Å². The number of likely N-dealkylation sites (tertiary alicyclic amines) is 1. The minimum Gasteiger partial charge on any atom is -0.403 e. The molecule has 2 saturated heterocycles. The van der Waals surface area contributed by atoms with Crippen molar-refractivity contribution in [1.29, 1.82) is 0 Å². The molecule has 0 radical (unpaired) electrons. The lowest BCUT2D eigenvalue weighted by molar-refractivity contribution is 0.212. The van der Waals surface area contributed by atoms with Gasteiger partial charge in [0.25, 0.3) is 0 Å². The Labute approximate surface area is 250 Å². The van der Waals surface area contributed by atoms with E-state index >= 15 is 0 Å². The molecule has 0 saturated carbocycles. The van der Waals surface area contributed by atoms with Crippen molar-refractivity contribution in [2.75, 3.05) is 43.8 Å². The lowest BCUT2D eigenvalue weighted by Gasteiger charge is -2.34. The van der Waals surface area contributed by atoms with Gasteiger partial charge in [0.1, 0.15) is 5.82 Å². The van der Waals surface area contributed by atoms with Gasteiger partial charge in [0.15, 0.2) is 5.84 Å². The number of rotatable bonds is 13. The first-order chi connectivity index (χ1) is 19.4. The number of nitrogens with two attached hydrogens (primary N) is 2. The second-order valence-corrected chi connectivity index (χ2v) is 13.2. The number of hydrogen-bond donors (Lipinski definition) is 5. The van der Waals surface area contributed by atoms with E-state index in [9.17, 15) is 8.42 Å². The predicted octanol–water partition coefficient (Wildman–Crippen LogP) is 3.70. The Morgan fingerprint density at radius 1 is 1.17 bits per heavy atom. The number of nitrogens with zero attached hydrogens (tertiary/aromatic N) is 3. The Morgan fingerprint density at radius 2 is 1.85 bits per heavy atom. The molecule has 2 aliphatic heterocycles. The maximum atomic E-state index is 12.3. The largest absolute Gasteiger partial charge is 0.403 e. The maximum Gasteiger partial charge on any atom is 0.214 e. The summed E-state index contributed by atoms with van der Waals surface area (Å²) in [4.78, 5) is 6.89. The number of piperidine rings is 1. The molecule has 226 valence electrons. The van der Waals surface area contributed by atoms with Crippen LogP contribution in [-0.4, -0.2) is 61.9 Å². The first-order valence-electron chi connectivity index (χ1n) is 14.0. The van der Waals surface area contributed by atoms with E-state index in [-0.39, 0.29) is 10.8 Å². The molecule has 0 amide bonds. The van der Waals surface area contributed by atoms with E-state index in [0.717, 1.165) is 50.1 Å². The molecule has 2 aliphatic rings. The molecule has 41 heavy (non-hydrogen) atoms. The van der Waals surface area contributed by atoms with Gasteiger partial charge in [0, 0.05) is 36.4 Å². The fourth-order valence-electron chi connectivity index (χ4n) is 5.08. The molecule has 0 aromatic heterocycles. The van der Waals surface area contributed by atoms with Crippen LogP contribution in [-0.2, 0) is 10.0 Å². The maximum absolute atomic E-state index is 12.3. The molecule has 12 heteroatoms. The minimum absolute atomic E-state index is 0.216. The second-order valence-electron chi connectivity index (χ2n) is 10.7. The van der Waals surface area contributed by atoms with Gasteiger partial charge in [-0.1, -0.05) is 30.8 Å². The zero-order valence-corrected chi connectivity index (χ0v) is 26.0. The molecule has 0 unspecified atom stereocenters. The van der Waals surface area contributed by atoms with Gasteiger partial charge >= 0.3 is 0 Å². The van der Waals surface area contributed by atoms with Crippen LogP contribution >= 0.6 is 11.6 Å². The number of sulfonamides is 1. The molecule has 0 spiro atoms. The van der Waals surface area contributed by atoms with E-state index in [2.05, 4.69) is 65.1 Å². The summed E-state index contributed by atoms with van der Waals surface area (Å²) < 4.78 is 26.2. The van der Waals surface area contributed by atoms with Gasteiger partial charge in [-0.25, -0.2) is 17.7 Å². The van der Waals surface area contributed by atoms with Gasteiger partial charge in [0.05, 0.1) is 10.8 Å². The van der Waals surface area contributed by atoms with Gasteiger partial charge in [-0.2, -0.15) is 0 Å². The number of allylic oxidation sites excluding steroid dienone is 2. The number of benzene rings is 1. The van der Waals surface area contributed by atoms with Crippen LogP contribution in [0.1, 0.15) is 55.2 Å². The summed E-state index contributed by atoms with van der Waals surface area (Å²) in [5.74, 6) is 6.83. The Bertz CT molecular complexity index is 1310.